The van der Waals surface area contributed by atoms with Crippen molar-refractivity contribution in [2.45, 2.75) is 30.2 Å². The zero-order valence-corrected chi connectivity index (χ0v) is 14.5. The highest BCUT2D eigenvalue weighted by Gasteiger charge is 2.57. The molecule has 0 radical (unpaired) electrons. The van der Waals surface area contributed by atoms with Crippen molar-refractivity contribution in [3.8, 4) is 0 Å². The van der Waals surface area contributed by atoms with Crippen molar-refractivity contribution in [1.29, 1.82) is 0 Å². The summed E-state index contributed by atoms with van der Waals surface area (Å²) in [5.74, 6) is -3.96. The molecule has 0 saturated heterocycles. The second-order valence-electron chi connectivity index (χ2n) is 5.97. The number of carbonyl (C=O) groups is 2. The van der Waals surface area contributed by atoms with Crippen molar-refractivity contribution in [2.75, 3.05) is 0 Å². The fraction of sp³-hybridized carbons (Fsp3) is 0.375. The van der Waals surface area contributed by atoms with Crippen molar-refractivity contribution in [3.05, 3.63) is 47.5 Å². The van der Waals surface area contributed by atoms with Gasteiger partial charge in [-0.25, -0.2) is 4.39 Å². The summed E-state index contributed by atoms with van der Waals surface area (Å²) in [7, 11) is 0. The second kappa shape index (κ2) is 6.70. The molecule has 0 saturated carbocycles. The van der Waals surface area contributed by atoms with Gasteiger partial charge in [-0.1, -0.05) is 28.1 Å². The van der Waals surface area contributed by atoms with Crippen LogP contribution in [0, 0.1) is 11.2 Å². The van der Waals surface area contributed by atoms with E-state index in [0.717, 1.165) is 18.2 Å². The molecule has 1 aromatic carbocycles. The van der Waals surface area contributed by atoms with E-state index in [1.807, 2.05) is 0 Å². The Morgan fingerprint density at radius 2 is 1.80 bits per heavy atom. The summed E-state index contributed by atoms with van der Waals surface area (Å²) in [4.78, 5) is 22.5. The van der Waals surface area contributed by atoms with E-state index in [2.05, 4.69) is 20.7 Å². The Balaban J connectivity index is 2.70. The summed E-state index contributed by atoms with van der Waals surface area (Å²) in [5, 5.41) is 19.3. The first kappa shape index (κ1) is 19.3. The lowest BCUT2D eigenvalue weighted by Crippen LogP contribution is -2.53. The van der Waals surface area contributed by atoms with Gasteiger partial charge >= 0.3 is 18.6 Å². The van der Waals surface area contributed by atoms with E-state index in [9.17, 15) is 33.0 Å². The van der Waals surface area contributed by atoms with Gasteiger partial charge in [0.1, 0.15) is 17.0 Å². The van der Waals surface area contributed by atoms with Crippen LogP contribution in [0.3, 0.4) is 0 Å². The first-order valence-electron chi connectivity index (χ1n) is 7.07. The zero-order chi connectivity index (χ0) is 19.0. The molecule has 0 aliphatic heterocycles. The molecule has 9 heteroatoms. The van der Waals surface area contributed by atoms with Crippen LogP contribution < -0.4 is 0 Å². The van der Waals surface area contributed by atoms with Crippen LogP contribution in [0.5, 0.6) is 0 Å². The Labute approximate surface area is 149 Å². The maximum absolute atomic E-state index is 13.2. The minimum atomic E-state index is -3.26. The third kappa shape index (κ3) is 3.37. The van der Waals surface area contributed by atoms with E-state index < -0.39 is 52.2 Å². The largest absolute Gasteiger partial charge is 0.481 e. The van der Waals surface area contributed by atoms with Gasteiger partial charge in [0.05, 0.1) is 10.2 Å². The van der Waals surface area contributed by atoms with Gasteiger partial charge in [0.15, 0.2) is 0 Å². The molecule has 0 bridgehead atoms. The molecular formula is C16H14BrF3O5. The van der Waals surface area contributed by atoms with Crippen molar-refractivity contribution in [1.82, 2.24) is 0 Å². The first-order chi connectivity index (χ1) is 11.5. The average molecular weight is 423 g/mol. The van der Waals surface area contributed by atoms with Crippen molar-refractivity contribution >= 4 is 27.9 Å². The fourth-order valence-corrected chi connectivity index (χ4v) is 3.85. The maximum Gasteiger partial charge on any atom is 0.387 e. The normalized spacial score (nSPS) is 29.2. The highest BCUT2D eigenvalue weighted by atomic mass is 79.9. The van der Waals surface area contributed by atoms with Crippen LogP contribution in [0.4, 0.5) is 13.2 Å². The van der Waals surface area contributed by atoms with Crippen LogP contribution in [0.2, 0.25) is 0 Å². The van der Waals surface area contributed by atoms with Crippen molar-refractivity contribution < 1.29 is 37.7 Å². The molecule has 1 aliphatic rings. The maximum atomic E-state index is 13.2. The molecule has 1 aliphatic carbocycles. The number of ether oxygens (including phenoxy) is 1. The predicted octanol–water partition coefficient (Wildman–Crippen LogP) is 3.53. The number of allylic oxidation sites excluding steroid dienone is 1. The quantitative estimate of drug-likeness (QED) is 0.709. The molecule has 3 unspecified atom stereocenters. The number of rotatable bonds is 5. The molecule has 3 atom stereocenters. The van der Waals surface area contributed by atoms with Gasteiger partial charge in [-0.3, -0.25) is 9.59 Å². The Kier molecular flexibility index (Phi) is 5.17. The molecule has 0 amide bonds. The molecule has 0 spiro atoms. The number of halogens is 4. The minimum Gasteiger partial charge on any atom is -0.481 e. The zero-order valence-electron chi connectivity index (χ0n) is 12.9. The summed E-state index contributed by atoms with van der Waals surface area (Å²) < 4.78 is 43.0. The number of hydrogen-bond acceptors (Lipinski definition) is 3. The number of benzene rings is 1. The third-order valence-corrected chi connectivity index (χ3v) is 5.48. The second-order valence-corrected chi connectivity index (χ2v) is 6.89. The van der Waals surface area contributed by atoms with E-state index in [4.69, 9.17) is 0 Å². The lowest BCUT2D eigenvalue weighted by atomic mass is 9.62. The molecule has 1 aromatic rings. The van der Waals surface area contributed by atoms with E-state index in [0.29, 0.717) is 0 Å². The summed E-state index contributed by atoms with van der Waals surface area (Å²) in [5.41, 5.74) is -3.65. The predicted molar refractivity (Wildman–Crippen MR) is 84.0 cm³/mol. The van der Waals surface area contributed by atoms with Gasteiger partial charge in [-0.15, -0.1) is 0 Å². The van der Waals surface area contributed by atoms with Crippen LogP contribution in [-0.2, 0) is 19.7 Å². The number of hydrogen-bond donors (Lipinski definition) is 2. The minimum absolute atomic E-state index is 0.0687. The third-order valence-electron chi connectivity index (χ3n) is 4.24. The Morgan fingerprint density at radius 3 is 2.24 bits per heavy atom. The van der Waals surface area contributed by atoms with E-state index >= 15 is 0 Å². The van der Waals surface area contributed by atoms with Gasteiger partial charge in [-0.05, 0) is 37.1 Å². The summed E-state index contributed by atoms with van der Waals surface area (Å²) in [6, 6.07) is 4.41. The fourth-order valence-electron chi connectivity index (χ4n) is 2.99. The van der Waals surface area contributed by atoms with Crippen LogP contribution in [0.15, 0.2) is 36.1 Å². The monoisotopic (exact) mass is 422 g/mol. The summed E-state index contributed by atoms with van der Waals surface area (Å²) in [6.07, 6.45) is 0.536. The number of carboxylic acids is 2. The van der Waals surface area contributed by atoms with Gasteiger partial charge in [0.25, 0.3) is 0 Å². The average Bonchev–Trinajstić information content (AvgIpc) is 2.50. The molecular weight excluding hydrogens is 409 g/mol. The lowest BCUT2D eigenvalue weighted by Gasteiger charge is -2.43. The Hall–Kier alpha value is -2.03. The summed E-state index contributed by atoms with van der Waals surface area (Å²) in [6.45, 7) is -2.05. The molecule has 0 heterocycles. The van der Waals surface area contributed by atoms with Crippen LogP contribution >= 0.6 is 15.9 Å². The smallest absolute Gasteiger partial charge is 0.387 e. The van der Waals surface area contributed by atoms with Crippen molar-refractivity contribution in [3.63, 3.8) is 0 Å². The first-order valence-corrected chi connectivity index (χ1v) is 7.99. The SMILES string of the molecule is CC1(C(=O)O)C=C(OC(F)F)C(Br)C(C(=O)O)(c2ccc(F)cc2)C1. The van der Waals surface area contributed by atoms with Crippen molar-refractivity contribution in [2.24, 2.45) is 5.41 Å². The molecule has 0 aromatic heterocycles. The van der Waals surface area contributed by atoms with Crippen LogP contribution in [0.25, 0.3) is 0 Å². The van der Waals surface area contributed by atoms with Gasteiger partial charge in [0.2, 0.25) is 0 Å². The van der Waals surface area contributed by atoms with E-state index in [1.165, 1.54) is 19.1 Å². The summed E-state index contributed by atoms with van der Waals surface area (Å²) >= 11 is 3.07. The number of aliphatic carboxylic acids is 2. The molecule has 5 nitrogen and oxygen atoms in total. The number of alkyl halides is 3. The Bertz CT molecular complexity index is 721. The number of carboxylic acid groups (broad SMARTS) is 2. The molecule has 2 N–H and O–H groups in total. The Morgan fingerprint density at radius 1 is 1.24 bits per heavy atom. The molecule has 0 fully saturated rings. The van der Waals surface area contributed by atoms with Gasteiger partial charge in [-0.2, -0.15) is 8.78 Å². The standard InChI is InChI=1S/C16H14BrF3O5/c1-15(12(21)22)6-10(25-14(19)20)11(17)16(7-15,13(23)24)8-2-4-9(18)5-3-8/h2-6,11,14H,7H2,1H3,(H,21,22)(H,23,24). The van der Waals surface area contributed by atoms with Crippen LogP contribution in [-0.4, -0.2) is 33.6 Å². The van der Waals surface area contributed by atoms with Gasteiger partial charge in [0, 0.05) is 0 Å². The molecule has 2 rings (SSSR count). The molecule has 25 heavy (non-hydrogen) atoms. The van der Waals surface area contributed by atoms with E-state index in [-0.39, 0.29) is 5.56 Å². The topological polar surface area (TPSA) is 83.8 Å². The van der Waals surface area contributed by atoms with E-state index in [1.54, 1.807) is 0 Å². The van der Waals surface area contributed by atoms with Gasteiger partial charge < -0.3 is 14.9 Å². The van der Waals surface area contributed by atoms with Crippen LogP contribution in [0.1, 0.15) is 18.9 Å². The molecule has 136 valence electrons. The lowest BCUT2D eigenvalue weighted by molar-refractivity contribution is -0.154. The highest BCUT2D eigenvalue weighted by molar-refractivity contribution is 9.09. The highest BCUT2D eigenvalue weighted by Crippen LogP contribution is 2.51.